The van der Waals surface area contributed by atoms with Crippen LogP contribution in [0.5, 0.6) is 0 Å². The van der Waals surface area contributed by atoms with Crippen molar-refractivity contribution in [3.63, 3.8) is 0 Å². The second-order valence-corrected chi connectivity index (χ2v) is 5.64. The van der Waals surface area contributed by atoms with E-state index in [-0.39, 0.29) is 23.9 Å². The minimum Gasteiger partial charge on any atom is -0.354 e. The molecule has 4 nitrogen and oxygen atoms in total. The quantitative estimate of drug-likeness (QED) is 0.798. The predicted octanol–water partition coefficient (Wildman–Crippen LogP) is 1.38. The molecule has 0 bridgehead atoms. The van der Waals surface area contributed by atoms with Crippen LogP contribution in [-0.2, 0) is 4.79 Å². The summed E-state index contributed by atoms with van der Waals surface area (Å²) < 4.78 is 0. The van der Waals surface area contributed by atoms with E-state index in [1.54, 1.807) is 0 Å². The molecule has 2 unspecified atom stereocenters. The molecule has 1 amide bonds. The van der Waals surface area contributed by atoms with Crippen molar-refractivity contribution in [3.05, 3.63) is 0 Å². The number of carbonyl (C=O) groups is 1. The van der Waals surface area contributed by atoms with Gasteiger partial charge in [-0.15, -0.1) is 12.4 Å². The van der Waals surface area contributed by atoms with Gasteiger partial charge in [0.1, 0.15) is 0 Å². The Balaban J connectivity index is 0.00000289. The Morgan fingerprint density at radius 3 is 2.67 bits per heavy atom. The number of nitrogens with two attached hydrogens (primary N) is 1. The molecule has 0 spiro atoms. The van der Waals surface area contributed by atoms with Gasteiger partial charge in [-0.3, -0.25) is 4.79 Å². The summed E-state index contributed by atoms with van der Waals surface area (Å²) in [7, 11) is 4.24. The van der Waals surface area contributed by atoms with E-state index < -0.39 is 0 Å². The van der Waals surface area contributed by atoms with Gasteiger partial charge < -0.3 is 16.0 Å². The first-order valence-electron chi connectivity index (χ1n) is 6.64. The highest BCUT2D eigenvalue weighted by molar-refractivity contribution is 5.85. The van der Waals surface area contributed by atoms with Crippen LogP contribution in [-0.4, -0.2) is 43.5 Å². The third-order valence-corrected chi connectivity index (χ3v) is 4.00. The molecule has 1 saturated carbocycles. The number of hydrogen-bond donors (Lipinski definition) is 2. The molecule has 1 aliphatic carbocycles. The fourth-order valence-corrected chi connectivity index (χ4v) is 2.84. The molecule has 2 atom stereocenters. The van der Waals surface area contributed by atoms with E-state index in [4.69, 9.17) is 5.73 Å². The van der Waals surface area contributed by atoms with Crippen molar-refractivity contribution in [1.29, 1.82) is 0 Å². The molecule has 0 radical (unpaired) electrons. The lowest BCUT2D eigenvalue weighted by Gasteiger charge is -2.45. The highest BCUT2D eigenvalue weighted by Gasteiger charge is 2.36. The minimum absolute atomic E-state index is 0. The fraction of sp³-hybridized carbons (Fsp3) is 0.923. The normalized spacial score (nSPS) is 27.7. The van der Waals surface area contributed by atoms with E-state index in [0.717, 1.165) is 12.5 Å². The SMILES string of the molecule is CC1CCCC(CNC(=O)CCN)(N(C)C)C1.Cl. The molecule has 1 fully saturated rings. The van der Waals surface area contributed by atoms with Crippen LogP contribution < -0.4 is 11.1 Å². The monoisotopic (exact) mass is 277 g/mol. The molecule has 0 saturated heterocycles. The maximum Gasteiger partial charge on any atom is 0.221 e. The Kier molecular flexibility index (Phi) is 7.83. The molecular formula is C13H28ClN3O. The Bertz CT molecular complexity index is 261. The average Bonchev–Trinajstić information content (AvgIpc) is 2.27. The summed E-state index contributed by atoms with van der Waals surface area (Å²) in [5.74, 6) is 0.824. The van der Waals surface area contributed by atoms with Crippen LogP contribution in [0.15, 0.2) is 0 Å². The molecule has 5 heteroatoms. The molecular weight excluding hydrogens is 250 g/mol. The summed E-state index contributed by atoms with van der Waals surface area (Å²) in [6.45, 7) is 3.49. The summed E-state index contributed by atoms with van der Waals surface area (Å²) in [6.07, 6.45) is 5.34. The molecule has 0 aromatic rings. The molecule has 0 heterocycles. The molecule has 0 aromatic carbocycles. The van der Waals surface area contributed by atoms with Gasteiger partial charge in [-0.1, -0.05) is 19.8 Å². The number of nitrogens with zero attached hydrogens (tertiary/aromatic N) is 1. The summed E-state index contributed by atoms with van der Waals surface area (Å²) >= 11 is 0. The first-order chi connectivity index (χ1) is 8.00. The lowest BCUT2D eigenvalue weighted by Crippen LogP contribution is -2.55. The molecule has 0 aliphatic heterocycles. The zero-order valence-electron chi connectivity index (χ0n) is 11.9. The Labute approximate surface area is 117 Å². The Morgan fingerprint density at radius 1 is 1.50 bits per heavy atom. The number of nitrogens with one attached hydrogen (secondary N) is 1. The van der Waals surface area contributed by atoms with E-state index in [0.29, 0.717) is 13.0 Å². The van der Waals surface area contributed by atoms with Crippen molar-refractivity contribution in [2.45, 2.75) is 44.6 Å². The highest BCUT2D eigenvalue weighted by atomic mass is 35.5. The molecule has 0 aromatic heterocycles. The van der Waals surface area contributed by atoms with Gasteiger partial charge in [0.15, 0.2) is 0 Å². The number of rotatable bonds is 5. The van der Waals surface area contributed by atoms with Gasteiger partial charge in [0.2, 0.25) is 5.91 Å². The van der Waals surface area contributed by atoms with Crippen LogP contribution in [0, 0.1) is 5.92 Å². The fourth-order valence-electron chi connectivity index (χ4n) is 2.84. The third kappa shape index (κ3) is 4.75. The topological polar surface area (TPSA) is 58.4 Å². The first kappa shape index (κ1) is 17.7. The van der Waals surface area contributed by atoms with Gasteiger partial charge in [-0.25, -0.2) is 0 Å². The maximum atomic E-state index is 11.5. The van der Waals surface area contributed by atoms with Gasteiger partial charge >= 0.3 is 0 Å². The largest absolute Gasteiger partial charge is 0.354 e. The number of amides is 1. The zero-order valence-corrected chi connectivity index (χ0v) is 12.7. The lowest BCUT2D eigenvalue weighted by molar-refractivity contribution is -0.121. The van der Waals surface area contributed by atoms with Crippen LogP contribution in [0.25, 0.3) is 0 Å². The lowest BCUT2D eigenvalue weighted by atomic mass is 9.75. The summed E-state index contributed by atoms with van der Waals surface area (Å²) in [6, 6.07) is 0. The van der Waals surface area contributed by atoms with Gasteiger partial charge in [0.05, 0.1) is 0 Å². The van der Waals surface area contributed by atoms with Gasteiger partial charge in [-0.2, -0.15) is 0 Å². The minimum atomic E-state index is 0. The van der Waals surface area contributed by atoms with Crippen LogP contribution in [0.1, 0.15) is 39.0 Å². The number of halogens is 1. The molecule has 108 valence electrons. The maximum absolute atomic E-state index is 11.5. The second kappa shape index (κ2) is 7.97. The van der Waals surface area contributed by atoms with Crippen molar-refractivity contribution in [2.75, 3.05) is 27.2 Å². The van der Waals surface area contributed by atoms with Crippen LogP contribution in [0.3, 0.4) is 0 Å². The van der Waals surface area contributed by atoms with E-state index in [9.17, 15) is 4.79 Å². The van der Waals surface area contributed by atoms with E-state index in [1.807, 2.05) is 0 Å². The van der Waals surface area contributed by atoms with Crippen molar-refractivity contribution < 1.29 is 4.79 Å². The molecule has 1 aliphatic rings. The Morgan fingerprint density at radius 2 is 2.17 bits per heavy atom. The van der Waals surface area contributed by atoms with Crippen molar-refractivity contribution in [1.82, 2.24) is 10.2 Å². The molecule has 18 heavy (non-hydrogen) atoms. The van der Waals surface area contributed by atoms with Gasteiger partial charge in [0, 0.05) is 25.0 Å². The van der Waals surface area contributed by atoms with E-state index in [2.05, 4.69) is 31.2 Å². The number of hydrogen-bond acceptors (Lipinski definition) is 3. The highest BCUT2D eigenvalue weighted by Crippen LogP contribution is 2.35. The van der Waals surface area contributed by atoms with E-state index in [1.165, 1.54) is 25.7 Å². The van der Waals surface area contributed by atoms with Crippen molar-refractivity contribution in [3.8, 4) is 0 Å². The number of likely N-dealkylation sites (N-methyl/N-ethyl adjacent to an activating group) is 1. The first-order valence-corrected chi connectivity index (χ1v) is 6.64. The van der Waals surface area contributed by atoms with E-state index >= 15 is 0 Å². The third-order valence-electron chi connectivity index (χ3n) is 4.00. The summed E-state index contributed by atoms with van der Waals surface area (Å²) in [5.41, 5.74) is 5.52. The second-order valence-electron chi connectivity index (χ2n) is 5.64. The predicted molar refractivity (Wildman–Crippen MR) is 78.0 cm³/mol. The standard InChI is InChI=1S/C13H27N3O.ClH/c1-11-5-4-7-13(9-11,16(2)3)10-15-12(17)6-8-14;/h11H,4-10,14H2,1-3H3,(H,15,17);1H. The summed E-state index contributed by atoms with van der Waals surface area (Å²) in [4.78, 5) is 13.8. The van der Waals surface area contributed by atoms with Gasteiger partial charge in [0.25, 0.3) is 0 Å². The smallest absolute Gasteiger partial charge is 0.221 e. The molecule has 1 rings (SSSR count). The van der Waals surface area contributed by atoms with Crippen molar-refractivity contribution >= 4 is 18.3 Å². The zero-order chi connectivity index (χ0) is 12.9. The number of carbonyl (C=O) groups excluding carboxylic acids is 1. The van der Waals surface area contributed by atoms with Crippen LogP contribution in [0.4, 0.5) is 0 Å². The van der Waals surface area contributed by atoms with Gasteiger partial charge in [-0.05, 0) is 32.9 Å². The summed E-state index contributed by atoms with van der Waals surface area (Å²) in [5, 5.41) is 3.04. The van der Waals surface area contributed by atoms with Crippen LogP contribution in [0.2, 0.25) is 0 Å². The van der Waals surface area contributed by atoms with Crippen molar-refractivity contribution in [2.24, 2.45) is 11.7 Å². The van der Waals surface area contributed by atoms with Crippen LogP contribution >= 0.6 is 12.4 Å². The molecule has 3 N–H and O–H groups in total. The average molecular weight is 278 g/mol. The Hall–Kier alpha value is -0.320.